The Morgan fingerprint density at radius 1 is 0.594 bits per heavy atom. The second-order valence-electron chi connectivity index (χ2n) is 8.36. The first-order valence-corrected chi connectivity index (χ1v) is 13.7. The summed E-state index contributed by atoms with van der Waals surface area (Å²) >= 11 is 0. The summed E-state index contributed by atoms with van der Waals surface area (Å²) in [5, 5.41) is 0. The molecule has 0 aliphatic heterocycles. The minimum Gasteiger partial charge on any atom is -0.325 e. The number of carbonyl (C=O) groups excluding carboxylic acids is 2. The van der Waals surface area contributed by atoms with E-state index in [2.05, 4.69) is 44.4 Å². The van der Waals surface area contributed by atoms with Crippen LogP contribution < -0.4 is 0 Å². The Morgan fingerprint density at radius 2 is 0.938 bits per heavy atom. The normalized spacial score (nSPS) is 12.3. The quantitative estimate of drug-likeness (QED) is 0.239. The maximum absolute atomic E-state index is 11.6. The first-order valence-electron chi connectivity index (χ1n) is 11.1. The van der Waals surface area contributed by atoms with Crippen LogP contribution in [0.4, 0.5) is 0 Å². The van der Waals surface area contributed by atoms with E-state index in [9.17, 15) is 26.4 Å². The molecule has 0 spiro atoms. The Kier molecular flexibility index (Phi) is 15.7. The van der Waals surface area contributed by atoms with Gasteiger partial charge in [0.15, 0.2) is 0 Å². The Labute approximate surface area is 193 Å². The third kappa shape index (κ3) is 19.4. The number of unbranched alkanes of at least 4 members (excludes halogenated alkanes) is 4. The molecule has 0 aromatic heterocycles. The van der Waals surface area contributed by atoms with Gasteiger partial charge < -0.3 is 8.37 Å². The van der Waals surface area contributed by atoms with Crippen molar-refractivity contribution in [3.63, 3.8) is 0 Å². The van der Waals surface area contributed by atoms with E-state index in [-0.39, 0.29) is 13.2 Å². The van der Waals surface area contributed by atoms with Crippen LogP contribution in [0.25, 0.3) is 0 Å². The first-order chi connectivity index (χ1) is 14.8. The molecule has 0 aliphatic rings. The van der Waals surface area contributed by atoms with Crippen LogP contribution in [-0.2, 0) is 47.1 Å². The SMILES string of the molecule is CC(C)CCCCCOS(=O)(=O)OC(=O)CCC(=O)OS(=O)(=O)OCCCCCC(C)C. The van der Waals surface area contributed by atoms with Crippen LogP contribution in [-0.4, -0.2) is 42.0 Å². The van der Waals surface area contributed by atoms with Crippen LogP contribution in [0.3, 0.4) is 0 Å². The molecular formula is C20H38O10S2. The highest BCUT2D eigenvalue weighted by molar-refractivity contribution is 7.82. The van der Waals surface area contributed by atoms with Gasteiger partial charge in [-0.2, -0.15) is 16.8 Å². The van der Waals surface area contributed by atoms with Crippen LogP contribution in [0.1, 0.15) is 91.9 Å². The van der Waals surface area contributed by atoms with Gasteiger partial charge in [-0.05, 0) is 24.7 Å². The lowest BCUT2D eigenvalue weighted by atomic mass is 10.1. The molecule has 32 heavy (non-hydrogen) atoms. The van der Waals surface area contributed by atoms with Crippen molar-refractivity contribution in [1.29, 1.82) is 0 Å². The molecule has 0 fully saturated rings. The zero-order valence-corrected chi connectivity index (χ0v) is 21.2. The summed E-state index contributed by atoms with van der Waals surface area (Å²) < 4.78 is 63.9. The molecule has 0 N–H and O–H groups in total. The summed E-state index contributed by atoms with van der Waals surface area (Å²) in [5.74, 6) is -1.39. The predicted molar refractivity (Wildman–Crippen MR) is 118 cm³/mol. The Bertz CT molecular complexity index is 678. The fourth-order valence-corrected chi connectivity index (χ4v) is 3.91. The number of carbonyl (C=O) groups is 2. The zero-order chi connectivity index (χ0) is 24.6. The smallest absolute Gasteiger partial charge is 0.325 e. The molecule has 0 aromatic rings. The molecule has 0 aliphatic carbocycles. The lowest BCUT2D eigenvalue weighted by Crippen LogP contribution is -2.19. The van der Waals surface area contributed by atoms with Gasteiger partial charge >= 0.3 is 32.7 Å². The molecule has 0 unspecified atom stereocenters. The summed E-state index contributed by atoms with van der Waals surface area (Å²) in [6.07, 6.45) is 5.08. The minimum atomic E-state index is -4.54. The van der Waals surface area contributed by atoms with Gasteiger partial charge in [-0.15, -0.1) is 0 Å². The van der Waals surface area contributed by atoms with Crippen LogP contribution in [0.5, 0.6) is 0 Å². The highest BCUT2D eigenvalue weighted by Gasteiger charge is 2.22. The summed E-state index contributed by atoms with van der Waals surface area (Å²) in [6.45, 7) is 8.12. The fraction of sp³-hybridized carbons (Fsp3) is 0.900. The molecule has 0 amide bonds. The van der Waals surface area contributed by atoms with E-state index in [1.54, 1.807) is 0 Å². The van der Waals surface area contributed by atoms with E-state index in [0.717, 1.165) is 38.5 Å². The molecule has 12 heteroatoms. The van der Waals surface area contributed by atoms with Crippen LogP contribution in [0.15, 0.2) is 0 Å². The van der Waals surface area contributed by atoms with Crippen LogP contribution >= 0.6 is 0 Å². The molecule has 0 radical (unpaired) electrons. The van der Waals surface area contributed by atoms with Gasteiger partial charge in [0.2, 0.25) is 0 Å². The lowest BCUT2D eigenvalue weighted by Gasteiger charge is -2.08. The molecular weight excluding hydrogens is 464 g/mol. The van der Waals surface area contributed by atoms with Crippen LogP contribution in [0.2, 0.25) is 0 Å². The van der Waals surface area contributed by atoms with E-state index in [1.807, 2.05) is 0 Å². The largest absolute Gasteiger partial charge is 0.451 e. The maximum Gasteiger partial charge on any atom is 0.451 e. The highest BCUT2D eigenvalue weighted by Crippen LogP contribution is 2.11. The third-order valence-electron chi connectivity index (χ3n) is 4.23. The molecule has 0 atom stereocenters. The van der Waals surface area contributed by atoms with Crippen molar-refractivity contribution in [2.45, 2.75) is 91.9 Å². The van der Waals surface area contributed by atoms with E-state index < -0.39 is 45.6 Å². The van der Waals surface area contributed by atoms with Gasteiger partial charge in [-0.3, -0.25) is 9.59 Å². The minimum absolute atomic E-state index is 0.122. The topological polar surface area (TPSA) is 139 Å². The monoisotopic (exact) mass is 502 g/mol. The van der Waals surface area contributed by atoms with Crippen molar-refractivity contribution in [3.8, 4) is 0 Å². The molecule has 190 valence electrons. The van der Waals surface area contributed by atoms with Crippen molar-refractivity contribution < 1.29 is 43.2 Å². The molecule has 0 bridgehead atoms. The van der Waals surface area contributed by atoms with Gasteiger partial charge in [-0.1, -0.05) is 66.2 Å². The summed E-state index contributed by atoms with van der Waals surface area (Å²) in [7, 11) is -9.07. The Hall–Kier alpha value is -1.24. The summed E-state index contributed by atoms with van der Waals surface area (Å²) in [5.41, 5.74) is 0. The van der Waals surface area contributed by atoms with Gasteiger partial charge in [0, 0.05) is 0 Å². The molecule has 0 saturated carbocycles. The number of rotatable bonds is 19. The summed E-state index contributed by atoms with van der Waals surface area (Å²) in [4.78, 5) is 23.2. The second-order valence-corrected chi connectivity index (χ2v) is 10.8. The first kappa shape index (κ1) is 30.8. The maximum atomic E-state index is 11.6. The molecule has 0 aromatic carbocycles. The van der Waals surface area contributed by atoms with Gasteiger partial charge in [0.1, 0.15) is 0 Å². The van der Waals surface area contributed by atoms with Crippen molar-refractivity contribution in [3.05, 3.63) is 0 Å². The molecule has 0 rings (SSSR count). The van der Waals surface area contributed by atoms with Crippen molar-refractivity contribution in [1.82, 2.24) is 0 Å². The Balaban J connectivity index is 4.06. The van der Waals surface area contributed by atoms with Crippen molar-refractivity contribution in [2.24, 2.45) is 11.8 Å². The molecule has 0 heterocycles. The van der Waals surface area contributed by atoms with Crippen molar-refractivity contribution >= 4 is 32.7 Å². The standard InChI is InChI=1S/C20H38O10S2/c1-17(2)11-7-5-9-15-27-31(23,24)29-19(21)13-14-20(22)30-32(25,26)28-16-10-6-8-12-18(3)4/h17-18H,5-16H2,1-4H3. The number of hydrogen-bond donors (Lipinski definition) is 0. The molecule has 10 nitrogen and oxygen atoms in total. The zero-order valence-electron chi connectivity index (χ0n) is 19.5. The Morgan fingerprint density at radius 3 is 1.25 bits per heavy atom. The van der Waals surface area contributed by atoms with Gasteiger partial charge in [0.25, 0.3) is 0 Å². The average molecular weight is 503 g/mol. The average Bonchev–Trinajstić information content (AvgIpc) is 2.64. The van der Waals surface area contributed by atoms with E-state index in [4.69, 9.17) is 0 Å². The lowest BCUT2D eigenvalue weighted by molar-refractivity contribution is -0.141. The molecule has 0 saturated heterocycles. The fourth-order valence-electron chi connectivity index (χ4n) is 2.55. The van der Waals surface area contributed by atoms with Gasteiger partial charge in [-0.25, -0.2) is 8.37 Å². The van der Waals surface area contributed by atoms with Gasteiger partial charge in [0.05, 0.1) is 26.1 Å². The van der Waals surface area contributed by atoms with E-state index in [0.29, 0.717) is 24.7 Å². The third-order valence-corrected chi connectivity index (χ3v) is 5.92. The number of hydrogen-bond acceptors (Lipinski definition) is 10. The highest BCUT2D eigenvalue weighted by atomic mass is 32.3. The predicted octanol–water partition coefficient (Wildman–Crippen LogP) is 3.81. The van der Waals surface area contributed by atoms with E-state index >= 15 is 0 Å². The van der Waals surface area contributed by atoms with E-state index in [1.165, 1.54) is 0 Å². The van der Waals surface area contributed by atoms with Crippen molar-refractivity contribution in [2.75, 3.05) is 13.2 Å². The summed E-state index contributed by atoms with van der Waals surface area (Å²) in [6, 6.07) is 0. The second kappa shape index (κ2) is 16.4. The van der Waals surface area contributed by atoms with Crippen LogP contribution in [0, 0.1) is 11.8 Å².